The van der Waals surface area contributed by atoms with Crippen molar-refractivity contribution in [2.45, 2.75) is 11.2 Å². The highest BCUT2D eigenvalue weighted by Gasteiger charge is 2.37. The molecule has 0 spiro atoms. The molecule has 6 nitrogen and oxygen atoms in total. The Balaban J connectivity index is 2.70. The number of fused-ring (bicyclic) bond motifs is 1. The Morgan fingerprint density at radius 3 is 2.65 bits per heavy atom. The number of hydrogen-bond donors (Lipinski definition) is 1. The van der Waals surface area contributed by atoms with Crippen LogP contribution >= 0.6 is 12.6 Å². The van der Waals surface area contributed by atoms with Gasteiger partial charge in [0.2, 0.25) is 0 Å². The number of rotatable bonds is 1. The van der Waals surface area contributed by atoms with Crippen LogP contribution in [0.3, 0.4) is 0 Å². The van der Waals surface area contributed by atoms with Crippen molar-refractivity contribution in [2.24, 2.45) is 0 Å². The van der Waals surface area contributed by atoms with Crippen LogP contribution in [-0.4, -0.2) is 30.7 Å². The van der Waals surface area contributed by atoms with E-state index in [2.05, 4.69) is 27.7 Å². The average molecular weight is 263 g/mol. The van der Waals surface area contributed by atoms with Crippen molar-refractivity contribution in [3.05, 3.63) is 17.6 Å². The van der Waals surface area contributed by atoms with Gasteiger partial charge in [0, 0.05) is 6.20 Å². The molecule has 2 aromatic rings. The minimum Gasteiger partial charge on any atom is -0.478 e. The minimum absolute atomic E-state index is 0.384. The molecule has 0 atom stereocenters. The molecule has 2 aromatic heterocycles. The molecular formula is C7H2F3N4O2S. The molecular weight excluding hydrogens is 261 g/mol. The monoisotopic (exact) mass is 263 g/mol. The zero-order valence-corrected chi connectivity index (χ0v) is 8.58. The lowest BCUT2D eigenvalue weighted by Crippen LogP contribution is -2.08. The lowest BCUT2D eigenvalue weighted by molar-refractivity contribution is -0.144. The fourth-order valence-corrected chi connectivity index (χ4v) is 1.34. The van der Waals surface area contributed by atoms with Gasteiger partial charge in [0.05, 0.1) is 0 Å². The van der Waals surface area contributed by atoms with Crippen molar-refractivity contribution in [3.63, 3.8) is 0 Å². The van der Waals surface area contributed by atoms with Crippen molar-refractivity contribution in [1.82, 2.24) is 19.6 Å². The van der Waals surface area contributed by atoms with Crippen LogP contribution in [0, 0.1) is 0 Å². The molecule has 10 heteroatoms. The summed E-state index contributed by atoms with van der Waals surface area (Å²) in [7, 11) is 0. The molecule has 0 aliphatic rings. The summed E-state index contributed by atoms with van der Waals surface area (Å²) in [5.41, 5.74) is -0.411. The molecule has 0 aromatic carbocycles. The van der Waals surface area contributed by atoms with Crippen molar-refractivity contribution in [3.8, 4) is 0 Å². The predicted octanol–water partition coefficient (Wildman–Crippen LogP) is 1.40. The summed E-state index contributed by atoms with van der Waals surface area (Å²) in [6.45, 7) is 0. The number of nitrogens with zero attached hydrogens (tertiary/aromatic N) is 4. The van der Waals surface area contributed by atoms with Crippen molar-refractivity contribution >= 4 is 24.4 Å². The largest absolute Gasteiger partial charge is 0.478 e. The Kier molecular flexibility index (Phi) is 2.38. The van der Waals surface area contributed by atoms with Gasteiger partial charge < -0.3 is 5.11 Å². The van der Waals surface area contributed by atoms with Crippen LogP contribution in [0.2, 0.25) is 0 Å². The summed E-state index contributed by atoms with van der Waals surface area (Å²) >= 11 is 4.68. The van der Waals surface area contributed by atoms with Gasteiger partial charge in [0.15, 0.2) is 0 Å². The standard InChI is InChI=1S/C7H2F3N4O2S/c8-7(9,10)5-12-6-11-1-2(4(15)16)3(17)14(6)13-5/h1H,(H,15,16). The Hall–Kier alpha value is -1.97. The molecule has 0 aliphatic carbocycles. The Morgan fingerprint density at radius 2 is 2.12 bits per heavy atom. The maximum Gasteiger partial charge on any atom is 0.453 e. The van der Waals surface area contributed by atoms with Crippen LogP contribution in [0.25, 0.3) is 5.78 Å². The van der Waals surface area contributed by atoms with E-state index in [4.69, 9.17) is 5.11 Å². The Labute approximate surface area is 96.5 Å². The fourth-order valence-electron chi connectivity index (χ4n) is 1.08. The van der Waals surface area contributed by atoms with Gasteiger partial charge in [-0.3, -0.25) is 0 Å². The highest BCUT2D eigenvalue weighted by Crippen LogP contribution is 2.27. The van der Waals surface area contributed by atoms with Crippen LogP contribution in [0.15, 0.2) is 11.2 Å². The van der Waals surface area contributed by atoms with Gasteiger partial charge in [-0.15, -0.1) is 5.10 Å². The number of aromatic carboxylic acids is 1. The van der Waals surface area contributed by atoms with Gasteiger partial charge in [-0.05, 0) is 0 Å². The minimum atomic E-state index is -4.74. The van der Waals surface area contributed by atoms with Crippen LogP contribution in [0.5, 0.6) is 0 Å². The van der Waals surface area contributed by atoms with Crippen LogP contribution in [0.4, 0.5) is 13.2 Å². The molecule has 1 N–H and O–H groups in total. The molecule has 2 heterocycles. The number of hydrogen-bond acceptors (Lipinski definition) is 4. The first-order valence-corrected chi connectivity index (χ1v) is 4.45. The maximum absolute atomic E-state index is 12.3. The third-order valence-electron chi connectivity index (χ3n) is 1.81. The summed E-state index contributed by atoms with van der Waals surface area (Å²) in [6, 6.07) is 0. The van der Waals surface area contributed by atoms with E-state index in [1.807, 2.05) is 0 Å². The highest BCUT2D eigenvalue weighted by atomic mass is 32.1. The molecule has 89 valence electrons. The summed E-state index contributed by atoms with van der Waals surface area (Å²) < 4.78 is 37.5. The third-order valence-corrected chi connectivity index (χ3v) is 2.20. The normalized spacial score (nSPS) is 11.9. The van der Waals surface area contributed by atoms with E-state index in [0.717, 1.165) is 6.20 Å². The lowest BCUT2D eigenvalue weighted by atomic mass is 10.3. The number of alkyl halides is 3. The molecule has 0 aliphatic heterocycles. The number of halogens is 3. The second-order valence-electron chi connectivity index (χ2n) is 2.93. The first kappa shape index (κ1) is 11.5. The Morgan fingerprint density at radius 1 is 1.47 bits per heavy atom. The molecule has 0 saturated heterocycles. The van der Waals surface area contributed by atoms with Crippen LogP contribution in [0.1, 0.15) is 16.2 Å². The van der Waals surface area contributed by atoms with Crippen molar-refractivity contribution < 1.29 is 23.1 Å². The summed E-state index contributed by atoms with van der Waals surface area (Å²) in [6.07, 6.45) is -3.90. The van der Waals surface area contributed by atoms with Crippen LogP contribution in [-0.2, 0) is 6.18 Å². The van der Waals surface area contributed by atoms with Crippen molar-refractivity contribution in [1.29, 1.82) is 0 Å². The third kappa shape index (κ3) is 1.86. The highest BCUT2D eigenvalue weighted by molar-refractivity contribution is 7.80. The van der Waals surface area contributed by atoms with E-state index >= 15 is 0 Å². The van der Waals surface area contributed by atoms with E-state index in [-0.39, 0.29) is 5.03 Å². The maximum atomic E-state index is 12.3. The molecule has 0 fully saturated rings. The first-order valence-electron chi connectivity index (χ1n) is 4.04. The van der Waals surface area contributed by atoms with Crippen molar-refractivity contribution in [2.75, 3.05) is 0 Å². The SMILES string of the molecule is O=C(O)c1cnc2nc(C(F)(F)F)nn2c1[S]. The van der Waals surface area contributed by atoms with Gasteiger partial charge in [-0.2, -0.15) is 22.7 Å². The quantitative estimate of drug-likeness (QED) is 0.786. The van der Waals surface area contributed by atoms with Gasteiger partial charge in [-0.1, -0.05) is 12.6 Å². The summed E-state index contributed by atoms with van der Waals surface area (Å²) in [5, 5.41) is 11.4. The molecule has 17 heavy (non-hydrogen) atoms. The predicted molar refractivity (Wildman–Crippen MR) is 48.6 cm³/mol. The molecule has 0 unspecified atom stereocenters. The molecule has 0 saturated carbocycles. The van der Waals surface area contributed by atoms with Crippen LogP contribution < -0.4 is 0 Å². The van der Waals surface area contributed by atoms with Gasteiger partial charge in [0.25, 0.3) is 11.6 Å². The van der Waals surface area contributed by atoms with Gasteiger partial charge in [-0.25, -0.2) is 9.78 Å². The molecule has 1 radical (unpaired) electrons. The van der Waals surface area contributed by atoms with E-state index in [9.17, 15) is 18.0 Å². The first-order chi connectivity index (χ1) is 7.80. The fraction of sp³-hybridized carbons (Fsp3) is 0.143. The summed E-state index contributed by atoms with van der Waals surface area (Å²) in [5.74, 6) is -3.21. The molecule has 0 bridgehead atoms. The zero-order chi connectivity index (χ0) is 12.8. The zero-order valence-electron chi connectivity index (χ0n) is 7.76. The van der Waals surface area contributed by atoms with E-state index < -0.39 is 29.3 Å². The van der Waals surface area contributed by atoms with Gasteiger partial charge in [0.1, 0.15) is 10.6 Å². The average Bonchev–Trinajstić information content (AvgIpc) is 2.61. The van der Waals surface area contributed by atoms with Gasteiger partial charge >= 0.3 is 12.1 Å². The number of carboxylic acid groups (broad SMARTS) is 1. The molecule has 2 rings (SSSR count). The van der Waals surface area contributed by atoms with E-state index in [1.54, 1.807) is 0 Å². The number of carboxylic acids is 1. The topological polar surface area (TPSA) is 80.4 Å². The molecule has 0 amide bonds. The number of carbonyl (C=O) groups is 1. The summed E-state index contributed by atoms with van der Waals surface area (Å²) in [4.78, 5) is 17.2. The number of aromatic nitrogens is 4. The van der Waals surface area contributed by atoms with E-state index in [1.165, 1.54) is 0 Å². The smallest absolute Gasteiger partial charge is 0.453 e. The second kappa shape index (κ2) is 3.52. The van der Waals surface area contributed by atoms with E-state index in [0.29, 0.717) is 4.52 Å². The lowest BCUT2D eigenvalue weighted by Gasteiger charge is -1.99. The Bertz CT molecular complexity index is 609. The second-order valence-corrected chi connectivity index (χ2v) is 3.31.